The first-order valence-electron chi connectivity index (χ1n) is 8.37. The summed E-state index contributed by atoms with van der Waals surface area (Å²) in [5, 5.41) is 0. The molecule has 24 heavy (non-hydrogen) atoms. The van der Waals surface area contributed by atoms with Crippen molar-refractivity contribution in [2.75, 3.05) is 19.8 Å². The van der Waals surface area contributed by atoms with Crippen molar-refractivity contribution < 1.29 is 27.1 Å². The predicted molar refractivity (Wildman–Crippen MR) is 80.2 cm³/mol. The predicted octanol–water partition coefficient (Wildman–Crippen LogP) is 3.86. The molecule has 0 radical (unpaired) electrons. The maximum Gasteiger partial charge on any atom is 0.391 e. The molecule has 3 rings (SSSR count). The summed E-state index contributed by atoms with van der Waals surface area (Å²) in [5.41, 5.74) is 0. The molecule has 2 aliphatic rings. The Morgan fingerprint density at radius 3 is 2.75 bits per heavy atom. The van der Waals surface area contributed by atoms with Crippen LogP contribution in [-0.4, -0.2) is 36.7 Å². The second-order valence-electron chi connectivity index (χ2n) is 6.67. The van der Waals surface area contributed by atoms with E-state index in [1.54, 1.807) is 11.0 Å². The Bertz CT molecular complexity index is 584. The molecular formula is C17H22F3NO3. The number of halogens is 3. The van der Waals surface area contributed by atoms with Gasteiger partial charge in [-0.1, -0.05) is 6.42 Å². The summed E-state index contributed by atoms with van der Waals surface area (Å²) in [6.07, 6.45) is -3.25. The molecule has 0 spiro atoms. The third-order valence-corrected chi connectivity index (χ3v) is 4.99. The first-order valence-corrected chi connectivity index (χ1v) is 8.37. The van der Waals surface area contributed by atoms with Gasteiger partial charge in [-0.15, -0.1) is 0 Å². The van der Waals surface area contributed by atoms with Gasteiger partial charge in [-0.25, -0.2) is 0 Å². The van der Waals surface area contributed by atoms with Gasteiger partial charge < -0.3 is 14.1 Å². The van der Waals surface area contributed by atoms with E-state index in [2.05, 4.69) is 0 Å². The van der Waals surface area contributed by atoms with Crippen molar-refractivity contribution in [1.29, 1.82) is 0 Å². The zero-order chi connectivity index (χ0) is 17.3. The van der Waals surface area contributed by atoms with Crippen LogP contribution in [0.1, 0.15) is 43.2 Å². The van der Waals surface area contributed by atoms with Crippen molar-refractivity contribution in [3.8, 4) is 0 Å². The van der Waals surface area contributed by atoms with Crippen LogP contribution >= 0.6 is 0 Å². The first kappa shape index (κ1) is 17.3. The second-order valence-corrected chi connectivity index (χ2v) is 6.67. The van der Waals surface area contributed by atoms with Crippen LogP contribution in [0.2, 0.25) is 0 Å². The van der Waals surface area contributed by atoms with Crippen molar-refractivity contribution in [1.82, 2.24) is 4.90 Å². The van der Waals surface area contributed by atoms with Crippen LogP contribution in [0.25, 0.3) is 0 Å². The Morgan fingerprint density at radius 2 is 2.08 bits per heavy atom. The quantitative estimate of drug-likeness (QED) is 0.817. The number of morpholine rings is 1. The molecular weight excluding hydrogens is 323 g/mol. The molecule has 1 saturated carbocycles. The first-order chi connectivity index (χ1) is 11.4. The lowest BCUT2D eigenvalue weighted by Gasteiger charge is -2.38. The van der Waals surface area contributed by atoms with Gasteiger partial charge in [0, 0.05) is 12.5 Å². The molecule has 1 aromatic heterocycles. The zero-order valence-electron chi connectivity index (χ0n) is 13.6. The average Bonchev–Trinajstić information content (AvgIpc) is 3.00. The van der Waals surface area contributed by atoms with Crippen molar-refractivity contribution >= 4 is 5.91 Å². The summed E-state index contributed by atoms with van der Waals surface area (Å²) in [5.74, 6) is -0.777. The van der Waals surface area contributed by atoms with E-state index in [4.69, 9.17) is 9.15 Å². The van der Waals surface area contributed by atoms with E-state index in [1.807, 2.05) is 13.0 Å². The minimum Gasteiger partial charge on any atom is -0.464 e. The van der Waals surface area contributed by atoms with Crippen molar-refractivity contribution in [3.05, 3.63) is 23.7 Å². The van der Waals surface area contributed by atoms with Crippen molar-refractivity contribution in [3.63, 3.8) is 0 Å². The van der Waals surface area contributed by atoms with E-state index in [-0.39, 0.29) is 24.8 Å². The highest BCUT2D eigenvalue weighted by atomic mass is 19.4. The van der Waals surface area contributed by atoms with Crippen LogP contribution in [0.4, 0.5) is 13.2 Å². The number of alkyl halides is 3. The fourth-order valence-electron chi connectivity index (χ4n) is 3.68. The molecule has 2 fully saturated rings. The number of hydrogen-bond acceptors (Lipinski definition) is 3. The summed E-state index contributed by atoms with van der Waals surface area (Å²) in [4.78, 5) is 14.5. The smallest absolute Gasteiger partial charge is 0.391 e. The lowest BCUT2D eigenvalue weighted by atomic mass is 9.80. The minimum absolute atomic E-state index is 0.108. The monoisotopic (exact) mass is 345 g/mol. The molecule has 1 amide bonds. The number of hydrogen-bond donors (Lipinski definition) is 0. The van der Waals surface area contributed by atoms with Gasteiger partial charge in [0.25, 0.3) is 0 Å². The van der Waals surface area contributed by atoms with E-state index in [1.165, 1.54) is 0 Å². The number of ether oxygens (including phenoxy) is 1. The highest BCUT2D eigenvalue weighted by Gasteiger charge is 2.45. The summed E-state index contributed by atoms with van der Waals surface area (Å²) < 4.78 is 50.1. The second kappa shape index (κ2) is 6.78. The number of aryl methyl sites for hydroxylation is 1. The molecule has 1 saturated heterocycles. The van der Waals surface area contributed by atoms with Crippen LogP contribution in [0.15, 0.2) is 16.5 Å². The average molecular weight is 345 g/mol. The maximum absolute atomic E-state index is 13.0. The van der Waals surface area contributed by atoms with E-state index in [0.29, 0.717) is 38.4 Å². The molecule has 0 aromatic carbocycles. The van der Waals surface area contributed by atoms with Crippen LogP contribution in [0.3, 0.4) is 0 Å². The summed E-state index contributed by atoms with van der Waals surface area (Å²) in [7, 11) is 0. The van der Waals surface area contributed by atoms with Gasteiger partial charge in [-0.05, 0) is 38.3 Å². The molecule has 1 aromatic rings. The van der Waals surface area contributed by atoms with Gasteiger partial charge in [-0.3, -0.25) is 4.79 Å². The number of rotatable bonds is 2. The SMILES string of the molecule is Cc1ccc([C@@H]2COCCN2C(=O)[C@H]2CCC[C@H](C(F)(F)F)C2)o1. The largest absolute Gasteiger partial charge is 0.464 e. The molecule has 1 aliphatic carbocycles. The Hall–Kier alpha value is -1.50. The third-order valence-electron chi connectivity index (χ3n) is 4.99. The van der Waals surface area contributed by atoms with Crippen LogP contribution in [-0.2, 0) is 9.53 Å². The summed E-state index contributed by atoms with van der Waals surface area (Å²) in [6, 6.07) is 3.26. The summed E-state index contributed by atoms with van der Waals surface area (Å²) in [6.45, 7) is 2.91. The standard InChI is InChI=1S/C17H22F3NO3/c1-11-5-6-15(24-11)14-10-23-8-7-21(14)16(22)12-3-2-4-13(9-12)17(18,19)20/h5-6,12-14H,2-4,7-10H2,1H3/t12-,13-,14-/m0/s1. The molecule has 0 N–H and O–H groups in total. The molecule has 1 aliphatic heterocycles. The highest BCUT2D eigenvalue weighted by Crippen LogP contribution is 2.41. The van der Waals surface area contributed by atoms with Gasteiger partial charge in [0.2, 0.25) is 5.91 Å². The number of amides is 1. The molecule has 134 valence electrons. The van der Waals surface area contributed by atoms with E-state index in [9.17, 15) is 18.0 Å². The Kier molecular flexibility index (Phi) is 4.90. The van der Waals surface area contributed by atoms with E-state index >= 15 is 0 Å². The van der Waals surface area contributed by atoms with Gasteiger partial charge in [0.1, 0.15) is 17.6 Å². The molecule has 2 heterocycles. The van der Waals surface area contributed by atoms with Crippen LogP contribution < -0.4 is 0 Å². The van der Waals surface area contributed by atoms with Gasteiger partial charge in [0.05, 0.1) is 19.1 Å². The van der Waals surface area contributed by atoms with Crippen LogP contribution in [0, 0.1) is 18.8 Å². The third kappa shape index (κ3) is 3.61. The fourth-order valence-corrected chi connectivity index (χ4v) is 3.68. The fraction of sp³-hybridized carbons (Fsp3) is 0.706. The van der Waals surface area contributed by atoms with Crippen LogP contribution in [0.5, 0.6) is 0 Å². The topological polar surface area (TPSA) is 42.7 Å². The number of carbonyl (C=O) groups excluding carboxylic acids is 1. The van der Waals surface area contributed by atoms with E-state index in [0.717, 1.165) is 5.76 Å². The zero-order valence-corrected chi connectivity index (χ0v) is 13.6. The number of furan rings is 1. The lowest BCUT2D eigenvalue weighted by Crippen LogP contribution is -2.47. The molecule has 0 bridgehead atoms. The molecule has 7 heteroatoms. The van der Waals surface area contributed by atoms with Gasteiger partial charge in [-0.2, -0.15) is 13.2 Å². The van der Waals surface area contributed by atoms with Crippen molar-refractivity contribution in [2.45, 2.75) is 44.8 Å². The maximum atomic E-state index is 13.0. The summed E-state index contributed by atoms with van der Waals surface area (Å²) >= 11 is 0. The van der Waals surface area contributed by atoms with Gasteiger partial charge in [0.15, 0.2) is 0 Å². The molecule has 0 unspecified atom stereocenters. The number of carbonyl (C=O) groups is 1. The minimum atomic E-state index is -4.22. The molecule has 3 atom stereocenters. The lowest BCUT2D eigenvalue weighted by molar-refractivity contribution is -0.188. The molecule has 4 nitrogen and oxygen atoms in total. The number of nitrogens with zero attached hydrogens (tertiary/aromatic N) is 1. The van der Waals surface area contributed by atoms with Crippen molar-refractivity contribution in [2.24, 2.45) is 11.8 Å². The van der Waals surface area contributed by atoms with Gasteiger partial charge >= 0.3 is 6.18 Å². The normalized spacial score (nSPS) is 28.8. The highest BCUT2D eigenvalue weighted by molar-refractivity contribution is 5.79. The Morgan fingerprint density at radius 1 is 1.29 bits per heavy atom. The Labute approximate surface area is 138 Å². The van der Waals surface area contributed by atoms with E-state index < -0.39 is 18.0 Å². The Balaban J connectivity index is 1.74.